The van der Waals surface area contributed by atoms with Crippen LogP contribution in [0.1, 0.15) is 25.6 Å². The third-order valence-electron chi connectivity index (χ3n) is 5.27. The standard InChI is InChI=1S/C17H23F3N3O15P3/c1-8(2)3-4-22(15(27)17(18,19)20)5-9-6-23(16(28)21-13(9)26)14-12(25)11(24)10(35-14)7-34-41(33)37-39(29,30)36-40(31,32)38-41/h3,6,10-12,14,24-25H,4-5,7H2,1-2H3,(H,29,30)(H,31,32)(H,21,26,28)/t10-,11?,12+,14-/m1/s1. The Balaban J connectivity index is 1.84. The van der Waals surface area contributed by atoms with E-state index in [1.54, 1.807) is 18.8 Å². The molecule has 0 bridgehead atoms. The van der Waals surface area contributed by atoms with Gasteiger partial charge in [0.05, 0.1) is 18.7 Å². The van der Waals surface area contributed by atoms with Gasteiger partial charge < -0.3 is 29.6 Å². The normalized spacial score (nSPS) is 33.9. The smallest absolute Gasteiger partial charge is 0.387 e. The summed E-state index contributed by atoms with van der Waals surface area (Å²) in [5.74, 6) is -2.29. The highest BCUT2D eigenvalue weighted by atomic mass is 31.3. The largest absolute Gasteiger partial charge is 0.492 e. The number of hydrogen-bond donors (Lipinski definition) is 5. The lowest BCUT2D eigenvalue weighted by Crippen LogP contribution is -2.43. The Morgan fingerprint density at radius 3 is 2.24 bits per heavy atom. The molecule has 24 heteroatoms. The van der Waals surface area contributed by atoms with Gasteiger partial charge in [-0.05, 0) is 13.8 Å². The summed E-state index contributed by atoms with van der Waals surface area (Å²) in [5.41, 5.74) is -2.44. The van der Waals surface area contributed by atoms with Crippen molar-refractivity contribution in [3.05, 3.63) is 44.2 Å². The second kappa shape index (κ2) is 11.9. The lowest BCUT2D eigenvalue weighted by Gasteiger charge is -2.27. The van der Waals surface area contributed by atoms with Gasteiger partial charge in [-0.15, -0.1) is 0 Å². The van der Waals surface area contributed by atoms with Crippen LogP contribution in [0.15, 0.2) is 27.4 Å². The van der Waals surface area contributed by atoms with Crippen LogP contribution >= 0.6 is 23.5 Å². The van der Waals surface area contributed by atoms with Crippen molar-refractivity contribution >= 4 is 29.4 Å². The van der Waals surface area contributed by atoms with Crippen LogP contribution in [-0.4, -0.2) is 78.0 Å². The van der Waals surface area contributed by atoms with Crippen molar-refractivity contribution in [1.82, 2.24) is 14.5 Å². The van der Waals surface area contributed by atoms with Crippen molar-refractivity contribution in [2.24, 2.45) is 0 Å². The van der Waals surface area contributed by atoms with Gasteiger partial charge in [-0.25, -0.2) is 18.5 Å². The van der Waals surface area contributed by atoms with E-state index < -0.39 is 96.6 Å². The van der Waals surface area contributed by atoms with Crippen LogP contribution in [0.3, 0.4) is 0 Å². The molecule has 2 saturated heterocycles. The molecule has 0 radical (unpaired) electrons. The molecule has 232 valence electrons. The Labute approximate surface area is 226 Å². The Kier molecular flexibility index (Phi) is 9.77. The summed E-state index contributed by atoms with van der Waals surface area (Å²) in [6.45, 7) is 0.479. The van der Waals surface area contributed by atoms with Crippen LogP contribution < -0.4 is 11.2 Å². The number of allylic oxidation sites excluding steroid dienone is 1. The molecule has 1 amide bonds. The number of alkyl halides is 3. The Morgan fingerprint density at radius 1 is 1.12 bits per heavy atom. The van der Waals surface area contributed by atoms with Gasteiger partial charge in [-0.1, -0.05) is 11.6 Å². The number of aromatic nitrogens is 2. The number of ether oxygens (including phenoxy) is 1. The number of phosphoric acid groups is 3. The molecular weight excluding hydrogens is 636 g/mol. The zero-order valence-electron chi connectivity index (χ0n) is 20.7. The number of H-pyrrole nitrogens is 1. The summed E-state index contributed by atoms with van der Waals surface area (Å²) in [4.78, 5) is 57.3. The molecule has 0 aliphatic carbocycles. The number of aliphatic hydroxyl groups excluding tert-OH is 2. The fourth-order valence-electron chi connectivity index (χ4n) is 3.46. The van der Waals surface area contributed by atoms with Crippen LogP contribution in [0.4, 0.5) is 13.2 Å². The maximum atomic E-state index is 13.1. The van der Waals surface area contributed by atoms with Crippen molar-refractivity contribution in [1.29, 1.82) is 0 Å². The first kappa shape index (κ1) is 33.5. The fourth-order valence-corrected chi connectivity index (χ4v) is 8.40. The van der Waals surface area contributed by atoms with Crippen LogP contribution in [-0.2, 0) is 47.2 Å². The highest BCUT2D eigenvalue weighted by molar-refractivity contribution is 7.74. The summed E-state index contributed by atoms with van der Waals surface area (Å²) in [5, 5.41) is 20.8. The second-order valence-corrected chi connectivity index (χ2v) is 13.7. The number of aliphatic hydroxyl groups is 2. The van der Waals surface area contributed by atoms with E-state index in [1.807, 2.05) is 0 Å². The van der Waals surface area contributed by atoms with Gasteiger partial charge in [0.15, 0.2) is 6.23 Å². The number of halogens is 3. The predicted octanol–water partition coefficient (Wildman–Crippen LogP) is 0.402. The Hall–Kier alpha value is -1.99. The minimum atomic E-state index is -5.40. The Morgan fingerprint density at radius 2 is 1.71 bits per heavy atom. The van der Waals surface area contributed by atoms with Gasteiger partial charge in [-0.2, -0.15) is 26.1 Å². The highest BCUT2D eigenvalue weighted by Gasteiger charge is 2.55. The van der Waals surface area contributed by atoms with Crippen molar-refractivity contribution in [3.8, 4) is 0 Å². The SMILES string of the molecule is CC(C)=CCN(Cc1cn([C@@H]2O[C@H](COP3(=O)OP(=O)(O)OP(=O)(O)O3)C(O)[C@@H]2O)c(=O)[nH]c1=O)C(=O)C(F)(F)F. The van der Waals surface area contributed by atoms with Crippen molar-refractivity contribution < 1.29 is 73.9 Å². The zero-order valence-corrected chi connectivity index (χ0v) is 23.4. The van der Waals surface area contributed by atoms with Gasteiger partial charge in [0.2, 0.25) is 0 Å². The van der Waals surface area contributed by atoms with Crippen LogP contribution in [0.5, 0.6) is 0 Å². The molecule has 5 N–H and O–H groups in total. The molecule has 1 aromatic heterocycles. The third kappa shape index (κ3) is 8.31. The first-order chi connectivity index (χ1) is 18.6. The molecule has 2 aliphatic rings. The topological polar surface area (TPSA) is 253 Å². The molecule has 41 heavy (non-hydrogen) atoms. The first-order valence-electron chi connectivity index (χ1n) is 11.0. The zero-order chi connectivity index (χ0) is 31.1. The molecule has 3 rings (SSSR count). The summed E-state index contributed by atoms with van der Waals surface area (Å²) in [6.07, 6.45) is -10.9. The van der Waals surface area contributed by atoms with Gasteiger partial charge in [-0.3, -0.25) is 23.7 Å². The Bertz CT molecular complexity index is 1440. The number of amides is 1. The molecule has 3 unspecified atom stereocenters. The molecule has 0 aromatic carbocycles. The van der Waals surface area contributed by atoms with E-state index in [0.29, 0.717) is 16.3 Å². The number of nitrogens with zero attached hydrogens (tertiary/aromatic N) is 2. The summed E-state index contributed by atoms with van der Waals surface area (Å²) >= 11 is 0. The van der Waals surface area contributed by atoms with E-state index in [-0.39, 0.29) is 4.90 Å². The second-order valence-electron chi connectivity index (χ2n) is 8.76. The lowest BCUT2D eigenvalue weighted by molar-refractivity contribution is -0.185. The summed E-state index contributed by atoms with van der Waals surface area (Å²) in [7, 11) is -16.1. The highest BCUT2D eigenvalue weighted by Crippen LogP contribution is 2.80. The minimum Gasteiger partial charge on any atom is -0.387 e. The molecule has 18 nitrogen and oxygen atoms in total. The molecule has 2 aliphatic heterocycles. The fraction of sp³-hybridized carbons (Fsp3) is 0.588. The summed E-state index contributed by atoms with van der Waals surface area (Å²) in [6, 6.07) is 0. The van der Waals surface area contributed by atoms with E-state index in [9.17, 15) is 61.2 Å². The maximum Gasteiger partial charge on any atom is 0.492 e. The van der Waals surface area contributed by atoms with Gasteiger partial charge in [0.25, 0.3) is 5.56 Å². The average Bonchev–Trinajstić information content (AvgIpc) is 3.06. The summed E-state index contributed by atoms with van der Waals surface area (Å²) < 4.78 is 97.0. The quantitative estimate of drug-likeness (QED) is 0.187. The lowest BCUT2D eigenvalue weighted by atomic mass is 10.1. The van der Waals surface area contributed by atoms with Crippen molar-refractivity contribution in [2.75, 3.05) is 13.2 Å². The molecular formula is C17H23F3N3O15P3. The third-order valence-corrected chi connectivity index (χ3v) is 10.6. The van der Waals surface area contributed by atoms with Gasteiger partial charge in [0.1, 0.15) is 18.3 Å². The van der Waals surface area contributed by atoms with E-state index in [1.165, 1.54) is 6.08 Å². The number of carbonyl (C=O) groups excluding carboxylic acids is 1. The number of rotatable bonds is 8. The number of carbonyl (C=O) groups is 1. The van der Waals surface area contributed by atoms with Crippen LogP contribution in [0, 0.1) is 0 Å². The van der Waals surface area contributed by atoms with E-state index in [2.05, 4.69) is 17.5 Å². The molecule has 2 fully saturated rings. The average molecular weight is 659 g/mol. The van der Waals surface area contributed by atoms with Gasteiger partial charge in [0, 0.05) is 12.7 Å². The molecule has 0 spiro atoms. The van der Waals surface area contributed by atoms with E-state index in [4.69, 9.17) is 4.74 Å². The van der Waals surface area contributed by atoms with Crippen LogP contribution in [0.25, 0.3) is 0 Å². The monoisotopic (exact) mass is 659 g/mol. The number of aromatic amines is 1. The predicted molar refractivity (Wildman–Crippen MR) is 125 cm³/mol. The maximum absolute atomic E-state index is 13.1. The minimum absolute atomic E-state index is 0.273. The van der Waals surface area contributed by atoms with E-state index >= 15 is 0 Å². The molecule has 3 heterocycles. The number of nitrogens with one attached hydrogen (secondary N) is 1. The molecule has 0 saturated carbocycles. The van der Waals surface area contributed by atoms with Gasteiger partial charge >= 0.3 is 41.2 Å². The first-order valence-corrected chi connectivity index (χ1v) is 15.5. The van der Waals surface area contributed by atoms with E-state index in [0.717, 1.165) is 0 Å². The molecule has 6 atom stereocenters. The van der Waals surface area contributed by atoms with Crippen molar-refractivity contribution in [2.45, 2.75) is 51.1 Å². The van der Waals surface area contributed by atoms with Crippen molar-refractivity contribution in [3.63, 3.8) is 0 Å². The number of hydrogen-bond acceptors (Lipinski definition) is 13. The van der Waals surface area contributed by atoms with Crippen LogP contribution in [0.2, 0.25) is 0 Å². The molecule has 1 aromatic rings.